The van der Waals surface area contributed by atoms with Crippen molar-refractivity contribution >= 4 is 12.2 Å². The molecule has 0 amide bonds. The van der Waals surface area contributed by atoms with Crippen molar-refractivity contribution < 1.29 is 4.74 Å². The van der Waals surface area contributed by atoms with Crippen LogP contribution in [-0.4, -0.2) is 51.8 Å². The van der Waals surface area contributed by atoms with Crippen LogP contribution in [0.3, 0.4) is 0 Å². The minimum atomic E-state index is 0.311. The number of aryl methyl sites for hydroxylation is 1. The van der Waals surface area contributed by atoms with Gasteiger partial charge in [-0.3, -0.25) is 10.4 Å². The summed E-state index contributed by atoms with van der Waals surface area (Å²) in [6.45, 7) is 5.01. The summed E-state index contributed by atoms with van der Waals surface area (Å²) in [5.41, 5.74) is 4.29. The van der Waals surface area contributed by atoms with Crippen molar-refractivity contribution in [2.24, 2.45) is 4.99 Å². The quantitative estimate of drug-likeness (QED) is 0.662. The highest BCUT2D eigenvalue weighted by molar-refractivity contribution is 6.01. The second-order valence-electron chi connectivity index (χ2n) is 6.51. The van der Waals surface area contributed by atoms with Crippen LogP contribution in [0.4, 0.5) is 0 Å². The Morgan fingerprint density at radius 3 is 3.24 bits per heavy atom. The number of aromatic nitrogens is 3. The summed E-state index contributed by atoms with van der Waals surface area (Å²) in [5, 5.41) is 7.52. The molecule has 4 heterocycles. The fourth-order valence-corrected chi connectivity index (χ4v) is 3.64. The normalized spacial score (nSPS) is 20.6. The number of fused-ring (bicyclic) bond motifs is 1. The van der Waals surface area contributed by atoms with Crippen LogP contribution in [0.15, 0.2) is 23.3 Å². The van der Waals surface area contributed by atoms with Gasteiger partial charge in [0.25, 0.3) is 0 Å². The van der Waals surface area contributed by atoms with E-state index in [1.165, 1.54) is 5.56 Å². The summed E-state index contributed by atoms with van der Waals surface area (Å²) in [6.07, 6.45) is 4.81. The van der Waals surface area contributed by atoms with Crippen molar-refractivity contribution in [3.63, 3.8) is 0 Å². The average molecular weight is 338 g/mol. The zero-order valence-electron chi connectivity index (χ0n) is 14.3. The molecule has 2 aromatic rings. The predicted octanol–water partition coefficient (Wildman–Crippen LogP) is 2.03. The lowest BCUT2D eigenvalue weighted by atomic mass is 10.0. The molecular weight excluding hydrogens is 316 g/mol. The van der Waals surface area contributed by atoms with E-state index in [0.717, 1.165) is 67.6 Å². The molecule has 0 saturated carbocycles. The first-order chi connectivity index (χ1) is 12.3. The molecular formula is C18H22N6O. The number of pyridine rings is 1. The molecule has 0 radical (unpaired) electrons. The lowest BCUT2D eigenvalue weighted by Crippen LogP contribution is -2.38. The summed E-state index contributed by atoms with van der Waals surface area (Å²) in [6, 6.07) is 4.08. The van der Waals surface area contributed by atoms with Gasteiger partial charge in [-0.15, -0.1) is 0 Å². The third-order valence-electron chi connectivity index (χ3n) is 4.85. The van der Waals surface area contributed by atoms with Gasteiger partial charge in [-0.2, -0.15) is 0 Å². The first-order valence-corrected chi connectivity index (χ1v) is 8.65. The summed E-state index contributed by atoms with van der Waals surface area (Å²) in [7, 11) is 0. The standard InChI is InChI=1S/C18H22N6O/c1-12-22-16(14-5-8-25-10-14)17(23-12)18(21-11-19)24-7-4-15-13(9-24)3-2-6-20-15/h2-3,6,11,14,19H,4-5,7-10H2,1H3,(H,22,23)/t14-/m0/s1. The zero-order valence-corrected chi connectivity index (χ0v) is 14.3. The Labute approximate surface area is 146 Å². The Morgan fingerprint density at radius 2 is 2.44 bits per heavy atom. The Hall–Kier alpha value is -2.54. The zero-order chi connectivity index (χ0) is 17.2. The van der Waals surface area contributed by atoms with E-state index in [0.29, 0.717) is 12.5 Å². The van der Waals surface area contributed by atoms with Crippen molar-refractivity contribution in [1.29, 1.82) is 5.41 Å². The van der Waals surface area contributed by atoms with E-state index >= 15 is 0 Å². The average Bonchev–Trinajstić information content (AvgIpc) is 3.28. The van der Waals surface area contributed by atoms with E-state index in [2.05, 4.69) is 25.9 Å². The van der Waals surface area contributed by atoms with Gasteiger partial charge < -0.3 is 14.6 Å². The molecule has 2 aromatic heterocycles. The van der Waals surface area contributed by atoms with Crippen LogP contribution in [-0.2, 0) is 17.7 Å². The number of nitrogens with one attached hydrogen (secondary N) is 2. The second-order valence-corrected chi connectivity index (χ2v) is 6.51. The molecule has 1 atom stereocenters. The van der Waals surface area contributed by atoms with Crippen LogP contribution in [0.2, 0.25) is 0 Å². The number of rotatable bonds is 3. The lowest BCUT2D eigenvalue weighted by molar-refractivity contribution is 0.193. The first-order valence-electron chi connectivity index (χ1n) is 8.65. The molecule has 7 nitrogen and oxygen atoms in total. The number of amidine groups is 1. The topological polar surface area (TPSA) is 90.2 Å². The summed E-state index contributed by atoms with van der Waals surface area (Å²) in [4.78, 5) is 19.1. The van der Waals surface area contributed by atoms with Crippen molar-refractivity contribution in [3.8, 4) is 0 Å². The third kappa shape index (κ3) is 3.07. The fraction of sp³-hybridized carbons (Fsp3) is 0.444. The molecule has 0 spiro atoms. The minimum absolute atomic E-state index is 0.311. The van der Waals surface area contributed by atoms with Crippen LogP contribution in [0, 0.1) is 12.3 Å². The molecule has 2 N–H and O–H groups in total. The number of aliphatic imine (C=N–C) groups is 1. The third-order valence-corrected chi connectivity index (χ3v) is 4.85. The Balaban J connectivity index is 1.69. The molecule has 2 aliphatic rings. The minimum Gasteiger partial charge on any atom is -0.381 e. The van der Waals surface area contributed by atoms with Crippen molar-refractivity contribution in [2.75, 3.05) is 19.8 Å². The van der Waals surface area contributed by atoms with Gasteiger partial charge in [-0.05, 0) is 25.0 Å². The van der Waals surface area contributed by atoms with Crippen LogP contribution < -0.4 is 0 Å². The first kappa shape index (κ1) is 16.0. The molecule has 4 rings (SSSR count). The number of hydrogen-bond acceptors (Lipinski definition) is 4. The fourth-order valence-electron chi connectivity index (χ4n) is 3.64. The summed E-state index contributed by atoms with van der Waals surface area (Å²) in [5.74, 6) is 1.94. The number of imidazole rings is 1. The number of nitrogens with zero attached hydrogens (tertiary/aromatic N) is 4. The SMILES string of the molecule is Cc1nc(C(=NC=N)N2CCc3ncccc3C2)c([C@H]2CCOC2)[nH]1. The smallest absolute Gasteiger partial charge is 0.158 e. The highest BCUT2D eigenvalue weighted by Crippen LogP contribution is 2.28. The van der Waals surface area contributed by atoms with Gasteiger partial charge in [0.1, 0.15) is 17.9 Å². The second kappa shape index (κ2) is 6.76. The van der Waals surface area contributed by atoms with Gasteiger partial charge >= 0.3 is 0 Å². The molecule has 25 heavy (non-hydrogen) atoms. The molecule has 0 bridgehead atoms. The van der Waals surface area contributed by atoms with Crippen molar-refractivity contribution in [3.05, 3.63) is 46.8 Å². The molecule has 2 aliphatic heterocycles. The molecule has 7 heteroatoms. The monoisotopic (exact) mass is 338 g/mol. The number of hydrogen-bond donors (Lipinski definition) is 2. The maximum atomic E-state index is 7.52. The van der Waals surface area contributed by atoms with Crippen LogP contribution >= 0.6 is 0 Å². The van der Waals surface area contributed by atoms with E-state index in [-0.39, 0.29) is 0 Å². The van der Waals surface area contributed by atoms with Crippen LogP contribution in [0.5, 0.6) is 0 Å². The number of ether oxygens (including phenoxy) is 1. The van der Waals surface area contributed by atoms with Gasteiger partial charge in [-0.1, -0.05) is 6.07 Å². The van der Waals surface area contributed by atoms with E-state index in [4.69, 9.17) is 15.1 Å². The Bertz CT molecular complexity index is 806. The molecule has 1 fully saturated rings. The molecule has 0 unspecified atom stereocenters. The van der Waals surface area contributed by atoms with Gasteiger partial charge in [0.2, 0.25) is 0 Å². The Morgan fingerprint density at radius 1 is 1.52 bits per heavy atom. The number of H-pyrrole nitrogens is 1. The Kier molecular flexibility index (Phi) is 4.31. The van der Waals surface area contributed by atoms with Crippen LogP contribution in [0.25, 0.3) is 0 Å². The lowest BCUT2D eigenvalue weighted by Gasteiger charge is -2.30. The number of aromatic amines is 1. The van der Waals surface area contributed by atoms with Crippen molar-refractivity contribution in [1.82, 2.24) is 19.9 Å². The summed E-state index contributed by atoms with van der Waals surface area (Å²) < 4.78 is 5.55. The van der Waals surface area contributed by atoms with Gasteiger partial charge in [0, 0.05) is 43.9 Å². The van der Waals surface area contributed by atoms with Gasteiger partial charge in [-0.25, -0.2) is 9.98 Å². The highest BCUT2D eigenvalue weighted by atomic mass is 16.5. The maximum Gasteiger partial charge on any atom is 0.158 e. The largest absolute Gasteiger partial charge is 0.381 e. The van der Waals surface area contributed by atoms with Gasteiger partial charge in [0.05, 0.1) is 12.3 Å². The molecule has 0 aliphatic carbocycles. The van der Waals surface area contributed by atoms with E-state index < -0.39 is 0 Å². The summed E-state index contributed by atoms with van der Waals surface area (Å²) >= 11 is 0. The van der Waals surface area contributed by atoms with Gasteiger partial charge in [0.15, 0.2) is 5.84 Å². The van der Waals surface area contributed by atoms with E-state index in [1.54, 1.807) is 0 Å². The maximum absolute atomic E-state index is 7.52. The molecule has 1 saturated heterocycles. The van der Waals surface area contributed by atoms with Crippen LogP contribution in [0.1, 0.15) is 40.8 Å². The predicted molar refractivity (Wildman–Crippen MR) is 95.2 cm³/mol. The molecule has 130 valence electrons. The van der Waals surface area contributed by atoms with E-state index in [9.17, 15) is 0 Å². The van der Waals surface area contributed by atoms with E-state index in [1.807, 2.05) is 19.2 Å². The highest BCUT2D eigenvalue weighted by Gasteiger charge is 2.29. The molecule has 0 aromatic carbocycles. The van der Waals surface area contributed by atoms with Crippen molar-refractivity contribution in [2.45, 2.75) is 32.2 Å².